The Kier molecular flexibility index (Phi) is 7.35. The molecule has 0 saturated heterocycles. The van der Waals surface area contributed by atoms with Gasteiger partial charge in [-0.25, -0.2) is 0 Å². The number of rotatable bonds is 8. The molecule has 0 unspecified atom stereocenters. The van der Waals surface area contributed by atoms with Gasteiger partial charge in [-0.1, -0.05) is 61.9 Å². The molecular formula is C21H22F6O2. The second-order valence-corrected chi connectivity index (χ2v) is 6.62. The molecule has 0 N–H and O–H groups in total. The van der Waals surface area contributed by atoms with E-state index in [1.165, 1.54) is 6.07 Å². The molecule has 0 heterocycles. The molecule has 0 bridgehead atoms. The summed E-state index contributed by atoms with van der Waals surface area (Å²) in [5.74, 6) is 0. The third-order valence-electron chi connectivity index (χ3n) is 4.56. The third-order valence-corrected chi connectivity index (χ3v) is 4.56. The van der Waals surface area contributed by atoms with Crippen LogP contribution in [0.25, 0.3) is 0 Å². The van der Waals surface area contributed by atoms with E-state index in [9.17, 15) is 26.3 Å². The molecule has 2 aromatic carbocycles. The van der Waals surface area contributed by atoms with Crippen LogP contribution in [0.1, 0.15) is 35.6 Å². The molecule has 0 aliphatic carbocycles. The maximum Gasteiger partial charge on any atom is 0.430 e. The molecule has 0 aliphatic rings. The highest BCUT2D eigenvalue weighted by molar-refractivity contribution is 5.40. The highest BCUT2D eigenvalue weighted by Gasteiger charge is 2.73. The summed E-state index contributed by atoms with van der Waals surface area (Å²) in [4.78, 5) is 0. The molecule has 0 saturated carbocycles. The summed E-state index contributed by atoms with van der Waals surface area (Å²) in [5, 5.41) is 0. The van der Waals surface area contributed by atoms with E-state index in [-0.39, 0.29) is 0 Å². The summed E-state index contributed by atoms with van der Waals surface area (Å²) in [6.07, 6.45) is -10.1. The topological polar surface area (TPSA) is 18.5 Å². The molecule has 0 fully saturated rings. The lowest BCUT2D eigenvalue weighted by atomic mass is 9.87. The van der Waals surface area contributed by atoms with E-state index in [0.717, 1.165) is 24.8 Å². The SMILES string of the molecule is CCCc1cc(C(OCOC)(C(F)(F)F)C(F)(F)F)ccc1Cc1ccccc1. The molecule has 29 heavy (non-hydrogen) atoms. The summed E-state index contributed by atoms with van der Waals surface area (Å²) >= 11 is 0. The largest absolute Gasteiger partial charge is 0.430 e. The first kappa shape index (κ1) is 23.2. The van der Waals surface area contributed by atoms with Gasteiger partial charge >= 0.3 is 12.4 Å². The molecule has 0 spiro atoms. The third kappa shape index (κ3) is 4.93. The van der Waals surface area contributed by atoms with E-state index in [4.69, 9.17) is 0 Å². The van der Waals surface area contributed by atoms with Crippen molar-refractivity contribution in [2.24, 2.45) is 0 Å². The summed E-state index contributed by atoms with van der Waals surface area (Å²) in [6, 6.07) is 12.3. The second-order valence-electron chi connectivity index (χ2n) is 6.62. The summed E-state index contributed by atoms with van der Waals surface area (Å²) in [6.45, 7) is 0.648. The fourth-order valence-corrected chi connectivity index (χ4v) is 3.22. The summed E-state index contributed by atoms with van der Waals surface area (Å²) in [7, 11) is 0.961. The first-order chi connectivity index (χ1) is 13.6. The van der Waals surface area contributed by atoms with Crippen molar-refractivity contribution in [1.29, 1.82) is 0 Å². The van der Waals surface area contributed by atoms with Gasteiger partial charge in [0.1, 0.15) is 6.79 Å². The molecule has 2 aromatic rings. The van der Waals surface area contributed by atoms with Crippen LogP contribution < -0.4 is 0 Å². The van der Waals surface area contributed by atoms with Crippen LogP contribution in [0.4, 0.5) is 26.3 Å². The Morgan fingerprint density at radius 2 is 1.45 bits per heavy atom. The molecule has 2 nitrogen and oxygen atoms in total. The highest BCUT2D eigenvalue weighted by Crippen LogP contribution is 2.53. The monoisotopic (exact) mass is 420 g/mol. The Balaban J connectivity index is 2.60. The smallest absolute Gasteiger partial charge is 0.359 e. The van der Waals surface area contributed by atoms with E-state index in [2.05, 4.69) is 9.47 Å². The summed E-state index contributed by atoms with van der Waals surface area (Å²) in [5.41, 5.74) is -3.47. The minimum atomic E-state index is -5.73. The van der Waals surface area contributed by atoms with Crippen molar-refractivity contribution in [3.05, 3.63) is 70.8 Å². The second kappa shape index (κ2) is 9.17. The number of ether oxygens (including phenoxy) is 2. The number of hydrogen-bond acceptors (Lipinski definition) is 2. The van der Waals surface area contributed by atoms with Crippen molar-refractivity contribution in [2.45, 2.75) is 44.1 Å². The van der Waals surface area contributed by atoms with Crippen LogP contribution in [0.3, 0.4) is 0 Å². The maximum atomic E-state index is 13.7. The first-order valence-electron chi connectivity index (χ1n) is 8.99. The minimum Gasteiger partial charge on any atom is -0.359 e. The van der Waals surface area contributed by atoms with Gasteiger partial charge in [0.05, 0.1) is 0 Å². The minimum absolute atomic E-state index is 0.339. The molecule has 0 amide bonds. The van der Waals surface area contributed by atoms with Crippen LogP contribution in [0.2, 0.25) is 0 Å². The Morgan fingerprint density at radius 3 is 1.97 bits per heavy atom. The van der Waals surface area contributed by atoms with Gasteiger partial charge in [-0.2, -0.15) is 26.3 Å². The maximum absolute atomic E-state index is 13.7. The van der Waals surface area contributed by atoms with Gasteiger partial charge in [-0.15, -0.1) is 0 Å². The van der Waals surface area contributed by atoms with Crippen molar-refractivity contribution in [3.8, 4) is 0 Å². The van der Waals surface area contributed by atoms with Crippen LogP contribution in [0.15, 0.2) is 48.5 Å². The van der Waals surface area contributed by atoms with Crippen molar-refractivity contribution in [3.63, 3.8) is 0 Å². The van der Waals surface area contributed by atoms with E-state index in [0.29, 0.717) is 30.4 Å². The zero-order chi connectivity index (χ0) is 21.7. The average molecular weight is 420 g/mol. The predicted octanol–water partition coefficient (Wildman–Crippen LogP) is 6.17. The number of halogens is 6. The van der Waals surface area contributed by atoms with Crippen molar-refractivity contribution < 1.29 is 35.8 Å². The lowest BCUT2D eigenvalue weighted by Gasteiger charge is -2.37. The molecule has 2 rings (SSSR count). The van der Waals surface area contributed by atoms with E-state index < -0.39 is 30.3 Å². The Labute approximate surface area is 165 Å². The van der Waals surface area contributed by atoms with Gasteiger partial charge in [-0.3, -0.25) is 0 Å². The molecule has 160 valence electrons. The van der Waals surface area contributed by atoms with Gasteiger partial charge in [0.25, 0.3) is 5.60 Å². The van der Waals surface area contributed by atoms with Gasteiger partial charge in [0, 0.05) is 12.7 Å². The van der Waals surface area contributed by atoms with E-state index in [1.54, 1.807) is 6.92 Å². The molecule has 0 atom stereocenters. The molecule has 0 aliphatic heterocycles. The van der Waals surface area contributed by atoms with Crippen LogP contribution in [0, 0.1) is 0 Å². The fourth-order valence-electron chi connectivity index (χ4n) is 3.22. The normalized spacial score (nSPS) is 13.0. The molecule has 8 heteroatoms. The lowest BCUT2D eigenvalue weighted by molar-refractivity contribution is -0.400. The van der Waals surface area contributed by atoms with Crippen molar-refractivity contribution in [1.82, 2.24) is 0 Å². The lowest BCUT2D eigenvalue weighted by Crippen LogP contribution is -2.56. The van der Waals surface area contributed by atoms with Gasteiger partial charge in [-0.05, 0) is 29.5 Å². The number of benzene rings is 2. The molecule has 0 radical (unpaired) electrons. The average Bonchev–Trinajstić information content (AvgIpc) is 2.63. The quantitative estimate of drug-likeness (QED) is 0.376. The van der Waals surface area contributed by atoms with Crippen LogP contribution >= 0.6 is 0 Å². The van der Waals surface area contributed by atoms with Crippen molar-refractivity contribution >= 4 is 0 Å². The van der Waals surface area contributed by atoms with Gasteiger partial charge in [0.15, 0.2) is 0 Å². The highest BCUT2D eigenvalue weighted by atomic mass is 19.4. The van der Waals surface area contributed by atoms with Crippen LogP contribution in [-0.4, -0.2) is 26.3 Å². The fraction of sp³-hybridized carbons (Fsp3) is 0.429. The molecular weight excluding hydrogens is 398 g/mol. The zero-order valence-electron chi connectivity index (χ0n) is 16.0. The zero-order valence-corrected chi connectivity index (χ0v) is 16.0. The summed E-state index contributed by atoms with van der Waals surface area (Å²) < 4.78 is 91.1. The van der Waals surface area contributed by atoms with Crippen LogP contribution in [-0.2, 0) is 27.9 Å². The predicted molar refractivity (Wildman–Crippen MR) is 96.4 cm³/mol. The van der Waals surface area contributed by atoms with E-state index in [1.807, 2.05) is 30.3 Å². The Hall–Kier alpha value is -2.06. The van der Waals surface area contributed by atoms with Gasteiger partial charge in [0.2, 0.25) is 0 Å². The Morgan fingerprint density at radius 1 is 0.828 bits per heavy atom. The van der Waals surface area contributed by atoms with Crippen molar-refractivity contribution in [2.75, 3.05) is 13.9 Å². The standard InChI is InChI=1S/C21H22F6O2/c1-3-7-16-13-18(11-10-17(16)12-15-8-5-4-6-9-15)19(20(22,23)24,21(25,26)27)29-14-28-2/h4-6,8-11,13H,3,7,12,14H2,1-2H3. The number of alkyl halides is 6. The number of hydrogen-bond donors (Lipinski definition) is 0. The van der Waals surface area contributed by atoms with Gasteiger partial charge < -0.3 is 9.47 Å². The first-order valence-corrected chi connectivity index (χ1v) is 8.99. The van der Waals surface area contributed by atoms with E-state index >= 15 is 0 Å². The van der Waals surface area contributed by atoms with Crippen LogP contribution in [0.5, 0.6) is 0 Å². The number of methoxy groups -OCH3 is 1. The number of aryl methyl sites for hydroxylation is 1. The Bertz CT molecular complexity index is 770. The molecule has 0 aromatic heterocycles.